The third-order valence-electron chi connectivity index (χ3n) is 3.78. The van der Waals surface area contributed by atoms with Crippen molar-refractivity contribution in [1.29, 1.82) is 0 Å². The van der Waals surface area contributed by atoms with Crippen LogP contribution >= 0.6 is 0 Å². The van der Waals surface area contributed by atoms with Crippen molar-refractivity contribution in [2.75, 3.05) is 5.32 Å². The molecule has 0 saturated carbocycles. The molecule has 0 amide bonds. The second-order valence-electron chi connectivity index (χ2n) is 5.45. The van der Waals surface area contributed by atoms with E-state index in [0.717, 1.165) is 23.2 Å². The van der Waals surface area contributed by atoms with Gasteiger partial charge in [-0.15, -0.1) is 0 Å². The molecule has 0 bridgehead atoms. The number of carbonyl (C=O) groups excluding carboxylic acids is 1. The molecule has 0 spiro atoms. The third-order valence-corrected chi connectivity index (χ3v) is 3.78. The van der Waals surface area contributed by atoms with Crippen molar-refractivity contribution in [3.05, 3.63) is 84.1 Å². The van der Waals surface area contributed by atoms with Crippen LogP contribution in [-0.4, -0.2) is 11.3 Å². The normalized spacial score (nSPS) is 11.7. The molecule has 23 heavy (non-hydrogen) atoms. The van der Waals surface area contributed by atoms with E-state index in [2.05, 4.69) is 29.4 Å². The molecule has 3 rings (SSSR count). The molecule has 0 aliphatic carbocycles. The Morgan fingerprint density at radius 2 is 1.78 bits per heavy atom. The molecule has 0 saturated heterocycles. The van der Waals surface area contributed by atoms with Gasteiger partial charge in [0.25, 0.3) is 0 Å². The second-order valence-corrected chi connectivity index (χ2v) is 5.45. The van der Waals surface area contributed by atoms with E-state index in [1.807, 2.05) is 54.7 Å². The molecule has 3 heteroatoms. The molecule has 0 fully saturated rings. The highest BCUT2D eigenvalue weighted by Gasteiger charge is 2.06. The number of anilines is 1. The Balaban J connectivity index is 1.75. The SMILES string of the molecule is CC(Nc1ccc(-c2cccc(C=O)c2)cn1)c1ccccc1. The summed E-state index contributed by atoms with van der Waals surface area (Å²) in [5.41, 5.74) is 3.87. The van der Waals surface area contributed by atoms with Gasteiger partial charge in [0.05, 0.1) is 0 Å². The van der Waals surface area contributed by atoms with Crippen molar-refractivity contribution in [3.8, 4) is 11.1 Å². The standard InChI is InChI=1S/C20H18N2O/c1-15(17-7-3-2-4-8-17)22-20-11-10-19(13-21-20)18-9-5-6-16(12-18)14-23/h2-15H,1H3,(H,21,22). The summed E-state index contributed by atoms with van der Waals surface area (Å²) in [5, 5.41) is 3.39. The maximum Gasteiger partial charge on any atom is 0.150 e. The van der Waals surface area contributed by atoms with E-state index in [9.17, 15) is 4.79 Å². The lowest BCUT2D eigenvalue weighted by molar-refractivity contribution is 0.112. The lowest BCUT2D eigenvalue weighted by Gasteiger charge is -2.15. The van der Waals surface area contributed by atoms with Gasteiger partial charge in [-0.3, -0.25) is 4.79 Å². The molecule has 0 aliphatic heterocycles. The number of pyridine rings is 1. The Labute approximate surface area is 136 Å². The maximum absolute atomic E-state index is 10.9. The van der Waals surface area contributed by atoms with Gasteiger partial charge in [-0.05, 0) is 36.2 Å². The minimum absolute atomic E-state index is 0.188. The molecule has 1 heterocycles. The predicted octanol–water partition coefficient (Wildman–Crippen LogP) is 4.73. The number of benzene rings is 2. The van der Waals surface area contributed by atoms with Crippen LogP contribution in [0.4, 0.5) is 5.82 Å². The van der Waals surface area contributed by atoms with Crippen molar-refractivity contribution in [2.45, 2.75) is 13.0 Å². The summed E-state index contributed by atoms with van der Waals surface area (Å²) in [6.45, 7) is 2.11. The third kappa shape index (κ3) is 3.64. The first-order valence-corrected chi connectivity index (χ1v) is 7.59. The Morgan fingerprint density at radius 1 is 0.957 bits per heavy atom. The molecule has 3 nitrogen and oxygen atoms in total. The number of hydrogen-bond donors (Lipinski definition) is 1. The number of carbonyl (C=O) groups is 1. The smallest absolute Gasteiger partial charge is 0.150 e. The average molecular weight is 302 g/mol. The Morgan fingerprint density at radius 3 is 2.48 bits per heavy atom. The number of nitrogens with one attached hydrogen (secondary N) is 1. The van der Waals surface area contributed by atoms with Gasteiger partial charge in [0.2, 0.25) is 0 Å². The summed E-state index contributed by atoms with van der Waals surface area (Å²) in [4.78, 5) is 15.4. The van der Waals surface area contributed by atoms with Crippen molar-refractivity contribution < 1.29 is 4.79 Å². The molecule has 114 valence electrons. The zero-order valence-corrected chi connectivity index (χ0v) is 12.9. The summed E-state index contributed by atoms with van der Waals surface area (Å²) in [7, 11) is 0. The van der Waals surface area contributed by atoms with Crippen LogP contribution in [-0.2, 0) is 0 Å². The summed E-state index contributed by atoms with van der Waals surface area (Å²) in [6.07, 6.45) is 2.68. The first-order chi connectivity index (χ1) is 11.3. The Bertz CT molecular complexity index is 782. The van der Waals surface area contributed by atoms with Crippen LogP contribution in [0.15, 0.2) is 72.9 Å². The highest BCUT2D eigenvalue weighted by molar-refractivity contribution is 5.78. The van der Waals surface area contributed by atoms with Gasteiger partial charge in [-0.25, -0.2) is 4.98 Å². The molecule has 1 N–H and O–H groups in total. The lowest BCUT2D eigenvalue weighted by Crippen LogP contribution is -2.07. The summed E-state index contributed by atoms with van der Waals surface area (Å²) >= 11 is 0. The highest BCUT2D eigenvalue weighted by atomic mass is 16.1. The number of aromatic nitrogens is 1. The van der Waals surface area contributed by atoms with Gasteiger partial charge in [0.15, 0.2) is 0 Å². The number of aldehydes is 1. The van der Waals surface area contributed by atoms with Gasteiger partial charge in [-0.1, -0.05) is 48.5 Å². The number of nitrogens with zero attached hydrogens (tertiary/aromatic N) is 1. The highest BCUT2D eigenvalue weighted by Crippen LogP contribution is 2.22. The molecule has 0 aliphatic rings. The van der Waals surface area contributed by atoms with Crippen LogP contribution in [0.5, 0.6) is 0 Å². The summed E-state index contributed by atoms with van der Waals surface area (Å²) < 4.78 is 0. The van der Waals surface area contributed by atoms with E-state index in [4.69, 9.17) is 0 Å². The Hall–Kier alpha value is -2.94. The fraction of sp³-hybridized carbons (Fsp3) is 0.100. The van der Waals surface area contributed by atoms with E-state index in [1.54, 1.807) is 6.07 Å². The van der Waals surface area contributed by atoms with Crippen LogP contribution in [0.1, 0.15) is 28.9 Å². The van der Waals surface area contributed by atoms with Gasteiger partial charge in [0, 0.05) is 23.4 Å². The first kappa shape index (κ1) is 15.0. The van der Waals surface area contributed by atoms with Crippen LogP contribution in [0.2, 0.25) is 0 Å². The van der Waals surface area contributed by atoms with E-state index in [1.165, 1.54) is 5.56 Å². The minimum Gasteiger partial charge on any atom is -0.364 e. The fourth-order valence-electron chi connectivity index (χ4n) is 2.49. The summed E-state index contributed by atoms with van der Waals surface area (Å²) in [5.74, 6) is 0.830. The van der Waals surface area contributed by atoms with Gasteiger partial charge < -0.3 is 5.32 Å². The van der Waals surface area contributed by atoms with E-state index < -0.39 is 0 Å². The van der Waals surface area contributed by atoms with Crippen LogP contribution < -0.4 is 5.32 Å². The van der Waals surface area contributed by atoms with Crippen LogP contribution in [0, 0.1) is 0 Å². The minimum atomic E-state index is 0.188. The molecule has 1 aromatic heterocycles. The van der Waals surface area contributed by atoms with Crippen LogP contribution in [0.3, 0.4) is 0 Å². The quantitative estimate of drug-likeness (QED) is 0.692. The lowest BCUT2D eigenvalue weighted by atomic mass is 10.1. The van der Waals surface area contributed by atoms with Gasteiger partial charge in [-0.2, -0.15) is 0 Å². The maximum atomic E-state index is 10.9. The molecule has 3 aromatic rings. The zero-order valence-electron chi connectivity index (χ0n) is 12.9. The van der Waals surface area contributed by atoms with Crippen molar-refractivity contribution in [3.63, 3.8) is 0 Å². The largest absolute Gasteiger partial charge is 0.364 e. The molecule has 2 aromatic carbocycles. The zero-order chi connectivity index (χ0) is 16.1. The van der Waals surface area contributed by atoms with Crippen molar-refractivity contribution in [2.24, 2.45) is 0 Å². The number of rotatable bonds is 5. The predicted molar refractivity (Wildman–Crippen MR) is 93.5 cm³/mol. The molecule has 1 unspecified atom stereocenters. The van der Waals surface area contributed by atoms with Gasteiger partial charge in [0.1, 0.15) is 12.1 Å². The second kappa shape index (κ2) is 6.88. The molecular formula is C20H18N2O. The van der Waals surface area contributed by atoms with Crippen molar-refractivity contribution >= 4 is 12.1 Å². The fourth-order valence-corrected chi connectivity index (χ4v) is 2.49. The van der Waals surface area contributed by atoms with Crippen LogP contribution in [0.25, 0.3) is 11.1 Å². The van der Waals surface area contributed by atoms with Gasteiger partial charge >= 0.3 is 0 Å². The van der Waals surface area contributed by atoms with E-state index >= 15 is 0 Å². The molecule has 0 radical (unpaired) electrons. The topological polar surface area (TPSA) is 42.0 Å². The van der Waals surface area contributed by atoms with E-state index in [0.29, 0.717) is 5.56 Å². The van der Waals surface area contributed by atoms with E-state index in [-0.39, 0.29) is 6.04 Å². The van der Waals surface area contributed by atoms with Crippen molar-refractivity contribution in [1.82, 2.24) is 4.98 Å². The summed E-state index contributed by atoms with van der Waals surface area (Å²) in [6, 6.07) is 21.9. The number of hydrogen-bond acceptors (Lipinski definition) is 3. The molecule has 1 atom stereocenters. The first-order valence-electron chi connectivity index (χ1n) is 7.59. The Kier molecular flexibility index (Phi) is 4.48. The molecular weight excluding hydrogens is 284 g/mol. The monoisotopic (exact) mass is 302 g/mol. The average Bonchev–Trinajstić information content (AvgIpc) is 2.63.